The second-order valence-electron chi connectivity index (χ2n) is 6.39. The highest BCUT2D eigenvalue weighted by Gasteiger charge is 2.22. The molecule has 7 nitrogen and oxygen atoms in total. The van der Waals surface area contributed by atoms with Gasteiger partial charge in [-0.2, -0.15) is 5.10 Å². The van der Waals surface area contributed by atoms with Crippen LogP contribution < -0.4 is 0 Å². The van der Waals surface area contributed by atoms with Crippen molar-refractivity contribution in [2.45, 2.75) is 37.1 Å². The molecule has 0 saturated carbocycles. The number of rotatable bonds is 5. The number of nitro groups is 1. The molecule has 0 aliphatic rings. The summed E-state index contributed by atoms with van der Waals surface area (Å²) in [4.78, 5) is 11.1. The molecule has 0 spiro atoms. The highest BCUT2D eigenvalue weighted by Crippen LogP contribution is 2.24. The van der Waals surface area contributed by atoms with Gasteiger partial charge < -0.3 is 0 Å². The molecule has 1 aromatic heterocycles. The summed E-state index contributed by atoms with van der Waals surface area (Å²) in [6, 6.07) is 13.2. The molecule has 27 heavy (non-hydrogen) atoms. The first-order chi connectivity index (χ1) is 12.7. The van der Waals surface area contributed by atoms with Crippen molar-refractivity contribution in [3.8, 4) is 0 Å². The van der Waals surface area contributed by atoms with Crippen LogP contribution in [0.15, 0.2) is 58.3 Å². The minimum atomic E-state index is -3.58. The van der Waals surface area contributed by atoms with Gasteiger partial charge >= 0.3 is 5.69 Å². The van der Waals surface area contributed by atoms with E-state index in [0.717, 1.165) is 11.1 Å². The SMILES string of the molecule is Cc1ccc(S(=O)(=O)c2ccc(Cn3nc(C)c([N+](=O)[O-])c3C)cc2)cc1. The van der Waals surface area contributed by atoms with Crippen molar-refractivity contribution in [1.82, 2.24) is 9.78 Å². The summed E-state index contributed by atoms with van der Waals surface area (Å²) in [6.07, 6.45) is 0. The van der Waals surface area contributed by atoms with E-state index in [1.807, 2.05) is 6.92 Å². The van der Waals surface area contributed by atoms with Gasteiger partial charge in [0.05, 0.1) is 21.3 Å². The van der Waals surface area contributed by atoms with Crippen molar-refractivity contribution in [2.24, 2.45) is 0 Å². The first kappa shape index (κ1) is 18.8. The zero-order valence-corrected chi connectivity index (χ0v) is 16.0. The van der Waals surface area contributed by atoms with Crippen molar-refractivity contribution in [3.63, 3.8) is 0 Å². The number of benzene rings is 2. The second-order valence-corrected chi connectivity index (χ2v) is 8.34. The van der Waals surface area contributed by atoms with Crippen LogP contribution in [-0.2, 0) is 16.4 Å². The normalized spacial score (nSPS) is 11.5. The van der Waals surface area contributed by atoms with Gasteiger partial charge in [-0.05, 0) is 50.6 Å². The summed E-state index contributed by atoms with van der Waals surface area (Å²) in [5.41, 5.74) is 2.63. The molecule has 0 N–H and O–H groups in total. The average Bonchev–Trinajstić information content (AvgIpc) is 2.89. The maximum absolute atomic E-state index is 12.7. The van der Waals surface area contributed by atoms with Crippen LogP contribution in [0.25, 0.3) is 0 Å². The molecule has 2 aromatic carbocycles. The predicted octanol–water partition coefficient (Wildman–Crippen LogP) is 3.60. The lowest BCUT2D eigenvalue weighted by Gasteiger charge is -2.08. The fourth-order valence-electron chi connectivity index (χ4n) is 2.91. The molecule has 0 aliphatic carbocycles. The Labute approximate surface area is 157 Å². The molecule has 0 fully saturated rings. The third-order valence-electron chi connectivity index (χ3n) is 4.42. The van der Waals surface area contributed by atoms with E-state index >= 15 is 0 Å². The number of nitrogens with zero attached hydrogens (tertiary/aromatic N) is 3. The van der Waals surface area contributed by atoms with Gasteiger partial charge in [0.2, 0.25) is 9.84 Å². The molecule has 1 heterocycles. The van der Waals surface area contributed by atoms with Gasteiger partial charge in [-0.15, -0.1) is 0 Å². The molecule has 0 bridgehead atoms. The van der Waals surface area contributed by atoms with Gasteiger partial charge in [0.25, 0.3) is 0 Å². The summed E-state index contributed by atoms with van der Waals surface area (Å²) in [7, 11) is -3.58. The Morgan fingerprint density at radius 2 is 1.48 bits per heavy atom. The molecule has 0 saturated heterocycles. The lowest BCUT2D eigenvalue weighted by Crippen LogP contribution is -2.06. The second kappa shape index (κ2) is 6.96. The van der Waals surface area contributed by atoms with Gasteiger partial charge in [0, 0.05) is 0 Å². The molecule has 0 atom stereocenters. The Balaban J connectivity index is 1.87. The van der Waals surface area contributed by atoms with Gasteiger partial charge in [0.15, 0.2) is 0 Å². The van der Waals surface area contributed by atoms with Crippen LogP contribution >= 0.6 is 0 Å². The summed E-state index contributed by atoms with van der Waals surface area (Å²) in [5.74, 6) is 0. The molecule has 8 heteroatoms. The molecule has 0 amide bonds. The largest absolute Gasteiger partial charge is 0.312 e. The van der Waals surface area contributed by atoms with Gasteiger partial charge in [0.1, 0.15) is 11.4 Å². The van der Waals surface area contributed by atoms with E-state index in [2.05, 4.69) is 5.10 Å². The Morgan fingerprint density at radius 3 is 1.96 bits per heavy atom. The van der Waals surface area contributed by atoms with Gasteiger partial charge in [-0.1, -0.05) is 29.8 Å². The zero-order chi connectivity index (χ0) is 19.8. The molecular weight excluding hydrogens is 366 g/mol. The van der Waals surface area contributed by atoms with Crippen LogP contribution in [0, 0.1) is 30.9 Å². The van der Waals surface area contributed by atoms with Crippen LogP contribution in [-0.4, -0.2) is 23.1 Å². The summed E-state index contributed by atoms with van der Waals surface area (Å²) in [5, 5.41) is 15.3. The van der Waals surface area contributed by atoms with Crippen molar-refractivity contribution in [2.75, 3.05) is 0 Å². The van der Waals surface area contributed by atoms with Crippen LogP contribution in [0.4, 0.5) is 5.69 Å². The predicted molar refractivity (Wildman–Crippen MR) is 101 cm³/mol. The Hall–Kier alpha value is -3.00. The van der Waals surface area contributed by atoms with Crippen molar-refractivity contribution in [1.29, 1.82) is 0 Å². The van der Waals surface area contributed by atoms with Gasteiger partial charge in [-0.3, -0.25) is 14.8 Å². The first-order valence-corrected chi connectivity index (χ1v) is 9.77. The van der Waals surface area contributed by atoms with Crippen LogP contribution in [0.2, 0.25) is 0 Å². The van der Waals surface area contributed by atoms with E-state index in [4.69, 9.17) is 0 Å². The smallest absolute Gasteiger partial charge is 0.258 e. The fraction of sp³-hybridized carbons (Fsp3) is 0.211. The van der Waals surface area contributed by atoms with E-state index < -0.39 is 14.8 Å². The summed E-state index contributed by atoms with van der Waals surface area (Å²) >= 11 is 0. The number of aryl methyl sites for hydroxylation is 2. The van der Waals surface area contributed by atoms with Crippen molar-refractivity contribution < 1.29 is 13.3 Å². The number of hydrogen-bond acceptors (Lipinski definition) is 5. The maximum Gasteiger partial charge on any atom is 0.312 e. The van der Waals surface area contributed by atoms with E-state index in [0.29, 0.717) is 17.9 Å². The van der Waals surface area contributed by atoms with Crippen LogP contribution in [0.5, 0.6) is 0 Å². The minimum Gasteiger partial charge on any atom is -0.258 e. The van der Waals surface area contributed by atoms with Gasteiger partial charge in [-0.25, -0.2) is 8.42 Å². The minimum absolute atomic E-state index is 0.00793. The third-order valence-corrected chi connectivity index (χ3v) is 6.21. The van der Waals surface area contributed by atoms with E-state index in [9.17, 15) is 18.5 Å². The highest BCUT2D eigenvalue weighted by molar-refractivity contribution is 7.91. The number of hydrogen-bond donors (Lipinski definition) is 0. The summed E-state index contributed by atoms with van der Waals surface area (Å²) in [6.45, 7) is 5.47. The molecule has 0 unspecified atom stereocenters. The molecule has 3 rings (SSSR count). The fourth-order valence-corrected chi connectivity index (χ4v) is 4.17. The molecule has 0 aliphatic heterocycles. The lowest BCUT2D eigenvalue weighted by atomic mass is 10.2. The number of aromatic nitrogens is 2. The van der Waals surface area contributed by atoms with Crippen LogP contribution in [0.3, 0.4) is 0 Å². The molecular formula is C19H19N3O4S. The molecule has 3 aromatic rings. The van der Waals surface area contributed by atoms with Crippen LogP contribution in [0.1, 0.15) is 22.5 Å². The summed E-state index contributed by atoms with van der Waals surface area (Å²) < 4.78 is 27.0. The quantitative estimate of drug-likeness (QED) is 0.494. The highest BCUT2D eigenvalue weighted by atomic mass is 32.2. The number of sulfone groups is 1. The monoisotopic (exact) mass is 385 g/mol. The van der Waals surface area contributed by atoms with Crippen molar-refractivity contribution in [3.05, 3.63) is 81.2 Å². The Kier molecular flexibility index (Phi) is 4.84. The standard InChI is InChI=1S/C19H19N3O4S/c1-13-4-8-17(9-5-13)27(25,26)18-10-6-16(7-11-18)12-21-15(3)19(22(23)24)14(2)20-21/h4-11H,12H2,1-3H3. The van der Waals surface area contributed by atoms with E-state index in [1.54, 1.807) is 67.1 Å². The topological polar surface area (TPSA) is 95.1 Å². The van der Waals surface area contributed by atoms with Crippen molar-refractivity contribution >= 4 is 15.5 Å². The Morgan fingerprint density at radius 1 is 0.963 bits per heavy atom. The maximum atomic E-state index is 12.7. The average molecular weight is 385 g/mol. The Bertz CT molecular complexity index is 1100. The molecule has 0 radical (unpaired) electrons. The lowest BCUT2D eigenvalue weighted by molar-refractivity contribution is -0.386. The van der Waals surface area contributed by atoms with E-state index in [-0.39, 0.29) is 15.5 Å². The first-order valence-electron chi connectivity index (χ1n) is 8.29. The third kappa shape index (κ3) is 3.61. The van der Waals surface area contributed by atoms with E-state index in [1.165, 1.54) is 0 Å². The molecule has 140 valence electrons. The zero-order valence-electron chi connectivity index (χ0n) is 15.2.